The second-order valence-corrected chi connectivity index (χ2v) is 3.78. The van der Waals surface area contributed by atoms with Crippen molar-refractivity contribution in [2.45, 2.75) is 12.6 Å². The molecule has 1 nitrogen and oxygen atoms in total. The highest BCUT2D eigenvalue weighted by atomic mass is 19.4. The quantitative estimate of drug-likeness (QED) is 0.743. The summed E-state index contributed by atoms with van der Waals surface area (Å²) in [5.41, 5.74) is -0.761. The summed E-state index contributed by atoms with van der Waals surface area (Å²) in [4.78, 5) is 3.67. The highest BCUT2D eigenvalue weighted by Crippen LogP contribution is 2.32. The van der Waals surface area contributed by atoms with E-state index in [9.17, 15) is 17.6 Å². The maximum Gasteiger partial charge on any atom is 0.419 e. The summed E-state index contributed by atoms with van der Waals surface area (Å²) in [5, 5.41) is 0. The van der Waals surface area contributed by atoms with Crippen LogP contribution in [0.4, 0.5) is 17.6 Å². The molecule has 0 saturated heterocycles. The van der Waals surface area contributed by atoms with E-state index in [-0.39, 0.29) is 12.1 Å². The Morgan fingerprint density at radius 2 is 1.67 bits per heavy atom. The van der Waals surface area contributed by atoms with Gasteiger partial charge in [-0.05, 0) is 11.6 Å². The molecule has 1 heterocycles. The van der Waals surface area contributed by atoms with Crippen molar-refractivity contribution in [3.8, 4) is 0 Å². The molecular weight excluding hydrogens is 246 g/mol. The second kappa shape index (κ2) is 4.76. The molecule has 0 N–H and O–H groups in total. The van der Waals surface area contributed by atoms with E-state index in [1.54, 1.807) is 30.3 Å². The van der Waals surface area contributed by atoms with Crippen LogP contribution in [-0.2, 0) is 12.6 Å². The van der Waals surface area contributed by atoms with Gasteiger partial charge in [-0.3, -0.25) is 4.98 Å². The number of nitrogens with zero attached hydrogens (tertiary/aromatic N) is 1. The minimum absolute atomic E-state index is 0.0383. The molecule has 0 unspecified atom stereocenters. The van der Waals surface area contributed by atoms with Crippen LogP contribution in [0.1, 0.15) is 16.8 Å². The molecule has 0 amide bonds. The SMILES string of the molecule is Fc1c(C(F)(F)F)ccnc1Cc1ccccc1. The van der Waals surface area contributed by atoms with Crippen LogP contribution < -0.4 is 0 Å². The Labute approximate surface area is 101 Å². The fourth-order valence-corrected chi connectivity index (χ4v) is 1.62. The highest BCUT2D eigenvalue weighted by molar-refractivity contribution is 5.27. The minimum Gasteiger partial charge on any atom is -0.258 e. The monoisotopic (exact) mass is 255 g/mol. The zero-order chi connectivity index (χ0) is 13.2. The Morgan fingerprint density at radius 3 is 2.28 bits per heavy atom. The molecule has 2 aromatic rings. The number of rotatable bonds is 2. The van der Waals surface area contributed by atoms with Crippen molar-refractivity contribution in [1.82, 2.24) is 4.98 Å². The minimum atomic E-state index is -4.70. The van der Waals surface area contributed by atoms with Crippen molar-refractivity contribution in [3.63, 3.8) is 0 Å². The van der Waals surface area contributed by atoms with Crippen molar-refractivity contribution < 1.29 is 17.6 Å². The molecule has 0 saturated carbocycles. The predicted octanol–water partition coefficient (Wildman–Crippen LogP) is 3.83. The summed E-state index contributed by atoms with van der Waals surface area (Å²) >= 11 is 0. The second-order valence-electron chi connectivity index (χ2n) is 3.78. The van der Waals surface area contributed by atoms with Gasteiger partial charge in [-0.2, -0.15) is 13.2 Å². The third-order valence-electron chi connectivity index (χ3n) is 2.48. The Bertz CT molecular complexity index is 534. The molecule has 0 spiro atoms. The molecule has 0 aliphatic heterocycles. The van der Waals surface area contributed by atoms with Gasteiger partial charge in [-0.25, -0.2) is 4.39 Å². The van der Waals surface area contributed by atoms with Gasteiger partial charge in [0.15, 0.2) is 5.82 Å². The summed E-state index contributed by atoms with van der Waals surface area (Å²) in [7, 11) is 0. The van der Waals surface area contributed by atoms with Crippen LogP contribution >= 0.6 is 0 Å². The van der Waals surface area contributed by atoms with Crippen LogP contribution in [0.25, 0.3) is 0 Å². The third kappa shape index (κ3) is 2.67. The first-order valence-electron chi connectivity index (χ1n) is 5.23. The van der Waals surface area contributed by atoms with Gasteiger partial charge >= 0.3 is 6.18 Å². The number of hydrogen-bond donors (Lipinski definition) is 0. The van der Waals surface area contributed by atoms with Crippen molar-refractivity contribution in [2.75, 3.05) is 0 Å². The lowest BCUT2D eigenvalue weighted by atomic mass is 10.1. The smallest absolute Gasteiger partial charge is 0.258 e. The van der Waals surface area contributed by atoms with Gasteiger partial charge in [-0.15, -0.1) is 0 Å². The molecule has 1 aromatic heterocycles. The number of pyridine rings is 1. The maximum atomic E-state index is 13.7. The van der Waals surface area contributed by atoms with E-state index in [0.717, 1.165) is 6.20 Å². The first-order valence-corrected chi connectivity index (χ1v) is 5.23. The van der Waals surface area contributed by atoms with E-state index in [1.807, 2.05) is 0 Å². The number of benzene rings is 1. The van der Waals surface area contributed by atoms with Crippen LogP contribution in [0, 0.1) is 5.82 Å². The molecule has 0 bridgehead atoms. The molecule has 0 aliphatic rings. The van der Waals surface area contributed by atoms with Crippen molar-refractivity contribution in [1.29, 1.82) is 0 Å². The molecule has 94 valence electrons. The molecule has 0 fully saturated rings. The van der Waals surface area contributed by atoms with E-state index in [4.69, 9.17) is 0 Å². The number of hydrogen-bond acceptors (Lipinski definition) is 1. The fraction of sp³-hybridized carbons (Fsp3) is 0.154. The molecule has 0 radical (unpaired) electrons. The first-order chi connectivity index (χ1) is 8.48. The van der Waals surface area contributed by atoms with Gasteiger partial charge in [0.25, 0.3) is 0 Å². The van der Waals surface area contributed by atoms with Crippen molar-refractivity contribution in [3.05, 3.63) is 65.2 Å². The van der Waals surface area contributed by atoms with Crippen LogP contribution in [0.3, 0.4) is 0 Å². The van der Waals surface area contributed by atoms with E-state index in [1.165, 1.54) is 0 Å². The largest absolute Gasteiger partial charge is 0.419 e. The van der Waals surface area contributed by atoms with E-state index >= 15 is 0 Å². The van der Waals surface area contributed by atoms with Gasteiger partial charge in [0.05, 0.1) is 11.3 Å². The van der Waals surface area contributed by atoms with Gasteiger partial charge < -0.3 is 0 Å². The highest BCUT2D eigenvalue weighted by Gasteiger charge is 2.35. The summed E-state index contributed by atoms with van der Waals surface area (Å²) in [6.45, 7) is 0. The van der Waals surface area contributed by atoms with Crippen LogP contribution in [0.5, 0.6) is 0 Å². The zero-order valence-electron chi connectivity index (χ0n) is 9.21. The summed E-state index contributed by atoms with van der Waals surface area (Å²) in [5.74, 6) is -1.30. The lowest BCUT2D eigenvalue weighted by molar-refractivity contribution is -0.140. The number of alkyl halides is 3. The van der Waals surface area contributed by atoms with E-state index < -0.39 is 17.6 Å². The van der Waals surface area contributed by atoms with Crippen LogP contribution in [0.2, 0.25) is 0 Å². The van der Waals surface area contributed by atoms with Gasteiger partial charge in [-0.1, -0.05) is 30.3 Å². The summed E-state index contributed by atoms with van der Waals surface area (Å²) in [6, 6.07) is 9.31. The standard InChI is InChI=1S/C13H9F4N/c14-12-10(13(15,16)17)6-7-18-11(12)8-9-4-2-1-3-5-9/h1-7H,8H2. The third-order valence-corrected chi connectivity index (χ3v) is 2.48. The van der Waals surface area contributed by atoms with Gasteiger partial charge in [0, 0.05) is 12.6 Å². The average Bonchev–Trinajstić information content (AvgIpc) is 2.32. The molecular formula is C13H9F4N. The molecule has 2 rings (SSSR count). The summed E-state index contributed by atoms with van der Waals surface area (Å²) < 4.78 is 51.2. The Balaban J connectivity index is 2.36. The maximum absolute atomic E-state index is 13.7. The normalized spacial score (nSPS) is 11.6. The van der Waals surface area contributed by atoms with Crippen molar-refractivity contribution >= 4 is 0 Å². The number of aromatic nitrogens is 1. The lowest BCUT2D eigenvalue weighted by Crippen LogP contribution is -2.11. The molecule has 5 heteroatoms. The molecule has 18 heavy (non-hydrogen) atoms. The molecule has 1 aromatic carbocycles. The Kier molecular flexibility index (Phi) is 3.32. The van der Waals surface area contributed by atoms with Crippen LogP contribution in [-0.4, -0.2) is 4.98 Å². The van der Waals surface area contributed by atoms with E-state index in [0.29, 0.717) is 11.6 Å². The molecule has 0 aliphatic carbocycles. The topological polar surface area (TPSA) is 12.9 Å². The van der Waals surface area contributed by atoms with E-state index in [2.05, 4.69) is 4.98 Å². The van der Waals surface area contributed by atoms with Gasteiger partial charge in [0.1, 0.15) is 0 Å². The fourth-order valence-electron chi connectivity index (χ4n) is 1.62. The average molecular weight is 255 g/mol. The summed E-state index contributed by atoms with van der Waals surface area (Å²) in [6.07, 6.45) is -3.68. The zero-order valence-corrected chi connectivity index (χ0v) is 9.21. The van der Waals surface area contributed by atoms with Crippen molar-refractivity contribution in [2.24, 2.45) is 0 Å². The number of halogens is 4. The molecule has 0 atom stereocenters. The Hall–Kier alpha value is -1.91. The van der Waals surface area contributed by atoms with Crippen LogP contribution in [0.15, 0.2) is 42.6 Å². The van der Waals surface area contributed by atoms with Gasteiger partial charge in [0.2, 0.25) is 0 Å². The predicted molar refractivity (Wildman–Crippen MR) is 58.4 cm³/mol. The lowest BCUT2D eigenvalue weighted by Gasteiger charge is -2.10. The Morgan fingerprint density at radius 1 is 1.00 bits per heavy atom. The first kappa shape index (κ1) is 12.5.